The van der Waals surface area contributed by atoms with Crippen LogP contribution in [0.4, 0.5) is 5.69 Å². The van der Waals surface area contributed by atoms with Gasteiger partial charge in [-0.15, -0.1) is 0 Å². The summed E-state index contributed by atoms with van der Waals surface area (Å²) < 4.78 is 0. The molecular weight excluding hydrogens is 395 g/mol. The average molecular weight is 407 g/mol. The molecule has 0 atom stereocenters. The van der Waals surface area contributed by atoms with Crippen molar-refractivity contribution in [2.24, 2.45) is 4.99 Å². The van der Waals surface area contributed by atoms with Gasteiger partial charge in [-0.1, -0.05) is 41.4 Å². The first kappa shape index (κ1) is 18.5. The Morgan fingerprint density at radius 1 is 1.15 bits per heavy atom. The highest BCUT2D eigenvalue weighted by atomic mass is 35.5. The normalized spacial score (nSPS) is 15.2. The molecule has 5 nitrogen and oxygen atoms in total. The maximum atomic E-state index is 12.1. The van der Waals surface area contributed by atoms with E-state index in [4.69, 9.17) is 28.3 Å². The molecule has 8 heteroatoms. The fourth-order valence-electron chi connectivity index (χ4n) is 2.22. The summed E-state index contributed by atoms with van der Waals surface area (Å²) in [4.78, 5) is 27.2. The first-order valence-corrected chi connectivity index (χ1v) is 9.03. The summed E-state index contributed by atoms with van der Waals surface area (Å²) in [6.45, 7) is 0. The number of nitrogens with one attached hydrogen (secondary N) is 1. The minimum Gasteiger partial charge on any atom is -0.481 e. The lowest BCUT2D eigenvalue weighted by atomic mass is 10.1. The Bertz CT molecular complexity index is 940. The molecule has 0 saturated carbocycles. The molecule has 0 fully saturated rings. The van der Waals surface area contributed by atoms with Crippen molar-refractivity contribution >= 4 is 63.8 Å². The maximum Gasteiger partial charge on any atom is 0.307 e. The van der Waals surface area contributed by atoms with Gasteiger partial charge in [0.15, 0.2) is 5.17 Å². The third-order valence-electron chi connectivity index (χ3n) is 3.42. The molecule has 1 aliphatic heterocycles. The zero-order valence-electron chi connectivity index (χ0n) is 13.2. The van der Waals surface area contributed by atoms with E-state index in [9.17, 15) is 9.59 Å². The summed E-state index contributed by atoms with van der Waals surface area (Å²) in [6, 6.07) is 12.0. The van der Waals surface area contributed by atoms with Crippen LogP contribution in [0.25, 0.3) is 6.08 Å². The smallest absolute Gasteiger partial charge is 0.307 e. The number of hydrogen-bond donors (Lipinski definition) is 2. The standard InChI is InChI=1S/C18H12Cl2N2O3S/c19-13-6-3-11(7-14(13)20)8-15-17(25)22-18(26-15)21-12-4-1-10(2-5-12)9-16(23)24/h1-8H,9H2,(H,23,24)(H,21,22,25). The van der Waals surface area contributed by atoms with Crippen LogP contribution in [0.2, 0.25) is 10.0 Å². The summed E-state index contributed by atoms with van der Waals surface area (Å²) >= 11 is 13.1. The zero-order chi connectivity index (χ0) is 18.7. The summed E-state index contributed by atoms with van der Waals surface area (Å²) in [5.74, 6) is -1.23. The van der Waals surface area contributed by atoms with Crippen LogP contribution < -0.4 is 5.32 Å². The molecule has 0 saturated heterocycles. The average Bonchev–Trinajstić information content (AvgIpc) is 2.92. The van der Waals surface area contributed by atoms with Crippen LogP contribution in [-0.2, 0) is 16.0 Å². The summed E-state index contributed by atoms with van der Waals surface area (Å²) in [7, 11) is 0. The summed E-state index contributed by atoms with van der Waals surface area (Å²) in [5, 5.41) is 13.1. The number of anilines is 1. The van der Waals surface area contributed by atoms with Crippen LogP contribution in [0.15, 0.2) is 52.4 Å². The molecule has 0 radical (unpaired) electrons. The van der Waals surface area contributed by atoms with Crippen LogP contribution in [0.1, 0.15) is 11.1 Å². The summed E-state index contributed by atoms with van der Waals surface area (Å²) in [5.41, 5.74) is 2.17. The predicted molar refractivity (Wildman–Crippen MR) is 106 cm³/mol. The molecule has 0 spiro atoms. The van der Waals surface area contributed by atoms with E-state index in [1.807, 2.05) is 0 Å². The highest BCUT2D eigenvalue weighted by Crippen LogP contribution is 2.31. The lowest BCUT2D eigenvalue weighted by Gasteiger charge is -2.05. The van der Waals surface area contributed by atoms with Crippen molar-refractivity contribution in [3.63, 3.8) is 0 Å². The van der Waals surface area contributed by atoms with E-state index >= 15 is 0 Å². The minimum absolute atomic E-state index is 0.0367. The number of hydrogen-bond acceptors (Lipinski definition) is 4. The van der Waals surface area contributed by atoms with E-state index in [1.54, 1.807) is 48.5 Å². The van der Waals surface area contributed by atoms with Crippen molar-refractivity contribution in [1.82, 2.24) is 0 Å². The predicted octanol–water partition coefficient (Wildman–Crippen LogP) is 4.70. The Hall–Kier alpha value is -2.28. The van der Waals surface area contributed by atoms with Crippen LogP contribution in [0, 0.1) is 0 Å². The van der Waals surface area contributed by atoms with Gasteiger partial charge in [0.2, 0.25) is 0 Å². The van der Waals surface area contributed by atoms with Gasteiger partial charge >= 0.3 is 5.97 Å². The second kappa shape index (κ2) is 7.95. The lowest BCUT2D eigenvalue weighted by molar-refractivity contribution is -0.136. The third kappa shape index (κ3) is 4.66. The molecule has 26 heavy (non-hydrogen) atoms. The van der Waals surface area contributed by atoms with E-state index in [1.165, 1.54) is 11.8 Å². The first-order valence-electron chi connectivity index (χ1n) is 7.46. The molecule has 3 rings (SSSR count). The Labute approximate surface area is 163 Å². The van der Waals surface area contributed by atoms with E-state index in [-0.39, 0.29) is 12.3 Å². The molecule has 1 heterocycles. The quantitative estimate of drug-likeness (QED) is 0.719. The molecule has 1 aliphatic rings. The molecule has 0 aliphatic carbocycles. The van der Waals surface area contributed by atoms with Gasteiger partial charge < -0.3 is 10.4 Å². The number of aliphatic imine (C=N–C) groups is 1. The second-order valence-corrected chi connectivity index (χ2v) is 7.24. The number of rotatable bonds is 4. The number of benzene rings is 2. The topological polar surface area (TPSA) is 78.8 Å². The van der Waals surface area contributed by atoms with Crippen LogP contribution in [-0.4, -0.2) is 22.2 Å². The fraction of sp³-hybridized carbons (Fsp3) is 0.0556. The van der Waals surface area contributed by atoms with Crippen LogP contribution >= 0.6 is 35.0 Å². The summed E-state index contributed by atoms with van der Waals surface area (Å²) in [6.07, 6.45) is 1.66. The third-order valence-corrected chi connectivity index (χ3v) is 5.06. The van der Waals surface area contributed by atoms with Crippen molar-refractivity contribution in [3.05, 3.63) is 68.5 Å². The van der Waals surface area contributed by atoms with Crippen molar-refractivity contribution in [2.45, 2.75) is 6.42 Å². The van der Waals surface area contributed by atoms with Crippen molar-refractivity contribution in [2.75, 3.05) is 5.32 Å². The molecule has 1 amide bonds. The SMILES string of the molecule is O=C(O)Cc1ccc(NC2=NC(=O)C(=Cc3ccc(Cl)c(Cl)c3)S2)cc1. The van der Waals surface area contributed by atoms with Gasteiger partial charge in [0.25, 0.3) is 5.91 Å². The molecule has 2 aromatic rings. The van der Waals surface area contributed by atoms with E-state index in [0.29, 0.717) is 31.4 Å². The van der Waals surface area contributed by atoms with Crippen molar-refractivity contribution < 1.29 is 14.7 Å². The molecule has 0 unspecified atom stereocenters. The number of nitrogens with zero attached hydrogens (tertiary/aromatic N) is 1. The Morgan fingerprint density at radius 3 is 2.54 bits per heavy atom. The largest absolute Gasteiger partial charge is 0.481 e. The number of amides is 1. The molecule has 2 N–H and O–H groups in total. The van der Waals surface area contributed by atoms with Gasteiger partial charge in [0.05, 0.1) is 21.4 Å². The lowest BCUT2D eigenvalue weighted by Crippen LogP contribution is -2.05. The molecule has 0 aromatic heterocycles. The van der Waals surface area contributed by atoms with Crippen LogP contribution in [0.3, 0.4) is 0 Å². The maximum absolute atomic E-state index is 12.1. The van der Waals surface area contributed by atoms with E-state index in [0.717, 1.165) is 5.56 Å². The number of carbonyl (C=O) groups is 2. The highest BCUT2D eigenvalue weighted by Gasteiger charge is 2.22. The van der Waals surface area contributed by atoms with Gasteiger partial charge in [-0.05, 0) is 53.2 Å². The van der Waals surface area contributed by atoms with Crippen molar-refractivity contribution in [1.29, 1.82) is 0 Å². The Morgan fingerprint density at radius 2 is 1.88 bits per heavy atom. The minimum atomic E-state index is -0.885. The van der Waals surface area contributed by atoms with Gasteiger partial charge in [0, 0.05) is 5.69 Å². The van der Waals surface area contributed by atoms with Gasteiger partial charge in [0.1, 0.15) is 0 Å². The fourth-order valence-corrected chi connectivity index (χ4v) is 3.36. The monoisotopic (exact) mass is 406 g/mol. The van der Waals surface area contributed by atoms with Gasteiger partial charge in [-0.2, -0.15) is 4.99 Å². The number of aliphatic carboxylic acids is 1. The number of carboxylic acid groups (broad SMARTS) is 1. The Balaban J connectivity index is 1.68. The molecule has 2 aromatic carbocycles. The molecule has 132 valence electrons. The number of thioether (sulfide) groups is 1. The Kier molecular flexibility index (Phi) is 5.66. The number of amidine groups is 1. The molecular formula is C18H12Cl2N2O3S. The number of carboxylic acids is 1. The number of halogens is 2. The highest BCUT2D eigenvalue weighted by molar-refractivity contribution is 8.18. The first-order chi connectivity index (χ1) is 12.4. The van der Waals surface area contributed by atoms with Gasteiger partial charge in [-0.3, -0.25) is 9.59 Å². The van der Waals surface area contributed by atoms with E-state index in [2.05, 4.69) is 10.3 Å². The van der Waals surface area contributed by atoms with E-state index < -0.39 is 5.97 Å². The zero-order valence-corrected chi connectivity index (χ0v) is 15.5. The van der Waals surface area contributed by atoms with Gasteiger partial charge in [-0.25, -0.2) is 0 Å². The second-order valence-electron chi connectivity index (χ2n) is 5.40. The van der Waals surface area contributed by atoms with Crippen LogP contribution in [0.5, 0.6) is 0 Å². The molecule has 0 bridgehead atoms. The number of carbonyl (C=O) groups excluding carboxylic acids is 1. The van der Waals surface area contributed by atoms with Crippen molar-refractivity contribution in [3.8, 4) is 0 Å².